The molecule has 0 saturated carbocycles. The van der Waals surface area contributed by atoms with Gasteiger partial charge in [-0.2, -0.15) is 5.10 Å². The first kappa shape index (κ1) is 13.8. The van der Waals surface area contributed by atoms with Crippen LogP contribution in [0.2, 0.25) is 0 Å². The van der Waals surface area contributed by atoms with Crippen molar-refractivity contribution in [2.75, 3.05) is 5.32 Å². The van der Waals surface area contributed by atoms with Gasteiger partial charge in [-0.3, -0.25) is 5.10 Å². The van der Waals surface area contributed by atoms with Gasteiger partial charge in [0.1, 0.15) is 5.82 Å². The van der Waals surface area contributed by atoms with E-state index in [-0.39, 0.29) is 5.82 Å². The lowest BCUT2D eigenvalue weighted by Gasteiger charge is -2.08. The fourth-order valence-corrected chi connectivity index (χ4v) is 2.31. The van der Waals surface area contributed by atoms with Crippen LogP contribution >= 0.6 is 15.9 Å². The van der Waals surface area contributed by atoms with Crippen LogP contribution in [0.5, 0.6) is 0 Å². The fraction of sp³-hybridized carbons (Fsp3) is 0.0625. The molecule has 3 nitrogen and oxygen atoms in total. The number of anilines is 1. The van der Waals surface area contributed by atoms with Crippen LogP contribution in [-0.2, 0) is 6.54 Å². The van der Waals surface area contributed by atoms with Crippen molar-refractivity contribution in [2.45, 2.75) is 6.54 Å². The van der Waals surface area contributed by atoms with Crippen LogP contribution in [0, 0.1) is 5.82 Å². The maximum atomic E-state index is 13.5. The van der Waals surface area contributed by atoms with E-state index in [2.05, 4.69) is 31.4 Å². The first-order chi connectivity index (χ1) is 10.2. The largest absolute Gasteiger partial charge is 0.381 e. The number of H-pyrrole nitrogens is 1. The van der Waals surface area contributed by atoms with Crippen molar-refractivity contribution in [3.05, 3.63) is 70.6 Å². The van der Waals surface area contributed by atoms with Gasteiger partial charge in [-0.25, -0.2) is 4.39 Å². The van der Waals surface area contributed by atoms with Gasteiger partial charge in [0.2, 0.25) is 0 Å². The number of halogens is 2. The van der Waals surface area contributed by atoms with Gasteiger partial charge in [-0.05, 0) is 51.8 Å². The van der Waals surface area contributed by atoms with Crippen molar-refractivity contribution in [2.24, 2.45) is 0 Å². The van der Waals surface area contributed by atoms with E-state index in [1.807, 2.05) is 36.4 Å². The number of hydrogen-bond donors (Lipinski definition) is 2. The summed E-state index contributed by atoms with van der Waals surface area (Å²) >= 11 is 3.15. The Morgan fingerprint density at radius 1 is 1.14 bits per heavy atom. The van der Waals surface area contributed by atoms with Gasteiger partial charge in [0.15, 0.2) is 0 Å². The number of nitrogens with zero attached hydrogens (tertiary/aromatic N) is 1. The van der Waals surface area contributed by atoms with E-state index in [4.69, 9.17) is 0 Å². The highest BCUT2D eigenvalue weighted by Gasteiger charge is 2.02. The average molecular weight is 346 g/mol. The summed E-state index contributed by atoms with van der Waals surface area (Å²) in [6, 6.07) is 15.0. The molecule has 0 amide bonds. The molecular weight excluding hydrogens is 333 g/mol. The highest BCUT2D eigenvalue weighted by atomic mass is 79.9. The van der Waals surface area contributed by atoms with Crippen molar-refractivity contribution in [1.29, 1.82) is 0 Å². The fourth-order valence-electron chi connectivity index (χ4n) is 2.07. The molecule has 3 aromatic rings. The molecule has 21 heavy (non-hydrogen) atoms. The van der Waals surface area contributed by atoms with E-state index in [0.717, 1.165) is 22.5 Å². The minimum Gasteiger partial charge on any atom is -0.381 e. The number of hydrogen-bond acceptors (Lipinski definition) is 2. The second-order valence-electron chi connectivity index (χ2n) is 4.65. The number of benzene rings is 2. The third kappa shape index (κ3) is 3.31. The van der Waals surface area contributed by atoms with Crippen molar-refractivity contribution < 1.29 is 4.39 Å². The molecule has 0 aliphatic heterocycles. The molecule has 1 aromatic heterocycles. The number of aromatic nitrogens is 2. The first-order valence-electron chi connectivity index (χ1n) is 6.50. The highest BCUT2D eigenvalue weighted by Crippen LogP contribution is 2.21. The molecular formula is C16H13BrFN3. The van der Waals surface area contributed by atoms with Crippen molar-refractivity contribution in [3.63, 3.8) is 0 Å². The molecule has 0 spiro atoms. The van der Waals surface area contributed by atoms with Crippen LogP contribution in [-0.4, -0.2) is 10.2 Å². The van der Waals surface area contributed by atoms with Crippen LogP contribution in [0.4, 0.5) is 10.1 Å². The molecule has 106 valence electrons. The molecule has 2 N–H and O–H groups in total. The van der Waals surface area contributed by atoms with Crippen LogP contribution in [0.3, 0.4) is 0 Å². The molecule has 5 heteroatoms. The standard InChI is InChI=1S/C16H13BrFN3/c17-14-5-4-11(8-15(14)18)10-19-13-3-1-2-12(9-13)16-6-7-20-21-16/h1-9,19H,10H2,(H,20,21). The molecule has 1 heterocycles. The minimum atomic E-state index is -0.250. The Balaban J connectivity index is 1.73. The van der Waals surface area contributed by atoms with Gasteiger partial charge >= 0.3 is 0 Å². The van der Waals surface area contributed by atoms with E-state index >= 15 is 0 Å². The molecule has 0 aliphatic rings. The molecule has 2 aromatic carbocycles. The highest BCUT2D eigenvalue weighted by molar-refractivity contribution is 9.10. The summed E-state index contributed by atoms with van der Waals surface area (Å²) < 4.78 is 13.9. The number of rotatable bonds is 4. The summed E-state index contributed by atoms with van der Waals surface area (Å²) in [6.07, 6.45) is 1.72. The topological polar surface area (TPSA) is 40.7 Å². The van der Waals surface area contributed by atoms with Gasteiger partial charge < -0.3 is 5.32 Å². The van der Waals surface area contributed by atoms with Crippen molar-refractivity contribution in [1.82, 2.24) is 10.2 Å². The van der Waals surface area contributed by atoms with Crippen LogP contribution < -0.4 is 5.32 Å². The summed E-state index contributed by atoms with van der Waals surface area (Å²) in [5.74, 6) is -0.250. The molecule has 0 atom stereocenters. The summed E-state index contributed by atoms with van der Waals surface area (Å²) in [6.45, 7) is 0.566. The molecule has 0 unspecified atom stereocenters. The maximum absolute atomic E-state index is 13.5. The molecule has 0 radical (unpaired) electrons. The second-order valence-corrected chi connectivity index (χ2v) is 5.51. The van der Waals surface area contributed by atoms with Gasteiger partial charge in [-0.1, -0.05) is 18.2 Å². The Hall–Kier alpha value is -2.14. The normalized spacial score (nSPS) is 10.6. The van der Waals surface area contributed by atoms with Gasteiger partial charge in [0, 0.05) is 24.0 Å². The Morgan fingerprint density at radius 2 is 2.05 bits per heavy atom. The molecule has 3 rings (SSSR count). The lowest BCUT2D eigenvalue weighted by atomic mass is 10.1. The zero-order valence-electron chi connectivity index (χ0n) is 11.1. The summed E-state index contributed by atoms with van der Waals surface area (Å²) in [7, 11) is 0. The Morgan fingerprint density at radius 3 is 2.81 bits per heavy atom. The van der Waals surface area contributed by atoms with Crippen LogP contribution in [0.1, 0.15) is 5.56 Å². The quantitative estimate of drug-likeness (QED) is 0.725. The van der Waals surface area contributed by atoms with Crippen LogP contribution in [0.15, 0.2) is 59.2 Å². The third-order valence-corrected chi connectivity index (χ3v) is 3.80. The molecule has 0 aliphatic carbocycles. The van der Waals surface area contributed by atoms with E-state index in [9.17, 15) is 4.39 Å². The van der Waals surface area contributed by atoms with Crippen molar-refractivity contribution >= 4 is 21.6 Å². The lowest BCUT2D eigenvalue weighted by molar-refractivity contribution is 0.619. The van der Waals surface area contributed by atoms with Crippen LogP contribution in [0.25, 0.3) is 11.3 Å². The summed E-state index contributed by atoms with van der Waals surface area (Å²) in [5, 5.41) is 10.2. The maximum Gasteiger partial charge on any atom is 0.137 e. The number of nitrogens with one attached hydrogen (secondary N) is 2. The van der Waals surface area contributed by atoms with Crippen molar-refractivity contribution in [3.8, 4) is 11.3 Å². The Kier molecular flexibility index (Phi) is 4.01. The summed E-state index contributed by atoms with van der Waals surface area (Å²) in [4.78, 5) is 0. The Bertz CT molecular complexity index is 741. The van der Waals surface area contributed by atoms with E-state index in [1.165, 1.54) is 6.07 Å². The van der Waals surface area contributed by atoms with E-state index in [1.54, 1.807) is 12.3 Å². The monoisotopic (exact) mass is 345 g/mol. The molecule has 0 saturated heterocycles. The number of aromatic amines is 1. The van der Waals surface area contributed by atoms with Gasteiger partial charge in [0.05, 0.1) is 10.2 Å². The van der Waals surface area contributed by atoms with E-state index < -0.39 is 0 Å². The zero-order valence-corrected chi connectivity index (χ0v) is 12.7. The van der Waals surface area contributed by atoms with E-state index in [0.29, 0.717) is 11.0 Å². The predicted molar refractivity (Wildman–Crippen MR) is 85.5 cm³/mol. The average Bonchev–Trinajstić information content (AvgIpc) is 3.03. The lowest BCUT2D eigenvalue weighted by Crippen LogP contribution is -2.00. The zero-order chi connectivity index (χ0) is 14.7. The molecule has 0 fully saturated rings. The first-order valence-corrected chi connectivity index (χ1v) is 7.29. The summed E-state index contributed by atoms with van der Waals surface area (Å²) in [5.41, 5.74) is 3.89. The molecule has 0 bridgehead atoms. The van der Waals surface area contributed by atoms with Gasteiger partial charge in [-0.15, -0.1) is 0 Å². The van der Waals surface area contributed by atoms with Gasteiger partial charge in [0.25, 0.3) is 0 Å². The predicted octanol–water partition coefficient (Wildman–Crippen LogP) is 4.59. The minimum absolute atomic E-state index is 0.250. The Labute approximate surface area is 130 Å². The second kappa shape index (κ2) is 6.10. The SMILES string of the molecule is Fc1cc(CNc2cccc(-c3ccn[nH]3)c2)ccc1Br. The smallest absolute Gasteiger partial charge is 0.137 e. The third-order valence-electron chi connectivity index (χ3n) is 3.15.